The first-order valence-electron chi connectivity index (χ1n) is 7.73. The van der Waals surface area contributed by atoms with Crippen molar-refractivity contribution in [2.75, 3.05) is 20.1 Å². The zero-order valence-corrected chi connectivity index (χ0v) is 15.3. The minimum Gasteiger partial charge on any atom is -0.350 e. The first kappa shape index (κ1) is 19.1. The molecule has 7 heteroatoms. The number of nitrogens with one attached hydrogen (secondary N) is 2. The van der Waals surface area contributed by atoms with Crippen LogP contribution in [0, 0.1) is 0 Å². The molecule has 132 valence electrons. The molecule has 0 radical (unpaired) electrons. The van der Waals surface area contributed by atoms with E-state index in [1.165, 1.54) is 4.90 Å². The van der Waals surface area contributed by atoms with Gasteiger partial charge in [0.2, 0.25) is 0 Å². The normalized spacial score (nSPS) is 10.2. The van der Waals surface area contributed by atoms with Gasteiger partial charge < -0.3 is 15.5 Å². The van der Waals surface area contributed by atoms with E-state index in [0.717, 1.165) is 5.56 Å². The highest BCUT2D eigenvalue weighted by atomic mass is 35.5. The van der Waals surface area contributed by atoms with Crippen molar-refractivity contribution >= 4 is 35.1 Å². The molecule has 0 aliphatic heterocycles. The van der Waals surface area contributed by atoms with Gasteiger partial charge >= 0.3 is 6.03 Å². The van der Waals surface area contributed by atoms with Crippen LogP contribution in [0.2, 0.25) is 10.0 Å². The van der Waals surface area contributed by atoms with E-state index in [-0.39, 0.29) is 11.9 Å². The summed E-state index contributed by atoms with van der Waals surface area (Å²) in [5.74, 6) is -0.170. The summed E-state index contributed by atoms with van der Waals surface area (Å²) in [5.41, 5.74) is 1.39. The van der Waals surface area contributed by atoms with Gasteiger partial charge in [-0.05, 0) is 29.8 Å². The van der Waals surface area contributed by atoms with Crippen molar-refractivity contribution < 1.29 is 9.59 Å². The summed E-state index contributed by atoms with van der Waals surface area (Å²) in [4.78, 5) is 25.5. The van der Waals surface area contributed by atoms with Crippen LogP contribution in [0.3, 0.4) is 0 Å². The first-order valence-corrected chi connectivity index (χ1v) is 8.49. The maximum atomic E-state index is 12.1. The lowest BCUT2D eigenvalue weighted by Gasteiger charge is -2.19. The summed E-state index contributed by atoms with van der Waals surface area (Å²) in [5, 5.41) is 6.56. The smallest absolute Gasteiger partial charge is 0.317 e. The number of amides is 3. The fourth-order valence-electron chi connectivity index (χ4n) is 2.15. The molecule has 25 heavy (non-hydrogen) atoms. The second kappa shape index (κ2) is 9.30. The molecule has 0 spiro atoms. The van der Waals surface area contributed by atoms with Gasteiger partial charge in [-0.2, -0.15) is 0 Å². The topological polar surface area (TPSA) is 61.4 Å². The van der Waals surface area contributed by atoms with E-state index in [4.69, 9.17) is 23.2 Å². The van der Waals surface area contributed by atoms with Crippen LogP contribution in [-0.4, -0.2) is 37.0 Å². The minimum absolute atomic E-state index is 0.170. The first-order chi connectivity index (χ1) is 12.0. The summed E-state index contributed by atoms with van der Waals surface area (Å²) in [7, 11) is 1.67. The Morgan fingerprint density at radius 2 is 1.68 bits per heavy atom. The average Bonchev–Trinajstić information content (AvgIpc) is 2.61. The van der Waals surface area contributed by atoms with Gasteiger partial charge in [0, 0.05) is 42.3 Å². The predicted octanol–water partition coefficient (Wildman–Crippen LogP) is 3.56. The molecule has 0 saturated carbocycles. The van der Waals surface area contributed by atoms with Crippen molar-refractivity contribution in [3.05, 3.63) is 69.7 Å². The molecule has 2 N–H and O–H groups in total. The van der Waals surface area contributed by atoms with E-state index in [1.807, 2.05) is 6.07 Å². The standard InChI is InChI=1S/C18H19Cl2N3O2/c1-23(12-14-7-8-15(19)11-16(14)20)18(25)22-10-9-21-17(24)13-5-3-2-4-6-13/h2-8,11H,9-10,12H2,1H3,(H,21,24)(H,22,25). The van der Waals surface area contributed by atoms with E-state index < -0.39 is 0 Å². The fourth-order valence-corrected chi connectivity index (χ4v) is 2.62. The number of rotatable bonds is 6. The van der Waals surface area contributed by atoms with E-state index in [9.17, 15) is 9.59 Å². The van der Waals surface area contributed by atoms with Crippen molar-refractivity contribution in [1.82, 2.24) is 15.5 Å². The number of nitrogens with zero attached hydrogens (tertiary/aromatic N) is 1. The van der Waals surface area contributed by atoms with Gasteiger partial charge in [-0.3, -0.25) is 4.79 Å². The van der Waals surface area contributed by atoms with Gasteiger partial charge in [-0.15, -0.1) is 0 Å². The van der Waals surface area contributed by atoms with Crippen LogP contribution in [0.15, 0.2) is 48.5 Å². The predicted molar refractivity (Wildman–Crippen MR) is 100 cm³/mol. The molecule has 3 amide bonds. The molecular formula is C18H19Cl2N3O2. The Hall–Kier alpha value is -2.24. The third-order valence-corrected chi connectivity index (χ3v) is 4.08. The molecule has 2 aromatic carbocycles. The van der Waals surface area contributed by atoms with Crippen molar-refractivity contribution in [2.45, 2.75) is 6.54 Å². The number of urea groups is 1. The van der Waals surface area contributed by atoms with Crippen LogP contribution >= 0.6 is 23.2 Å². The molecule has 0 heterocycles. The van der Waals surface area contributed by atoms with Crippen molar-refractivity contribution in [2.24, 2.45) is 0 Å². The van der Waals surface area contributed by atoms with Crippen molar-refractivity contribution in [3.8, 4) is 0 Å². The quantitative estimate of drug-likeness (QED) is 0.753. The Morgan fingerprint density at radius 3 is 2.36 bits per heavy atom. The summed E-state index contributed by atoms with van der Waals surface area (Å²) in [6.07, 6.45) is 0. The molecule has 0 unspecified atom stereocenters. The molecule has 0 aromatic heterocycles. The van der Waals surface area contributed by atoms with Crippen molar-refractivity contribution in [1.29, 1.82) is 0 Å². The summed E-state index contributed by atoms with van der Waals surface area (Å²) in [6, 6.07) is 13.8. The Labute approximate surface area is 156 Å². The van der Waals surface area contributed by atoms with E-state index in [2.05, 4.69) is 10.6 Å². The number of benzene rings is 2. The highest BCUT2D eigenvalue weighted by Crippen LogP contribution is 2.21. The molecule has 2 rings (SSSR count). The van der Waals surface area contributed by atoms with Gasteiger partial charge in [0.1, 0.15) is 0 Å². The number of halogens is 2. The Morgan fingerprint density at radius 1 is 1.00 bits per heavy atom. The molecule has 0 bridgehead atoms. The largest absolute Gasteiger partial charge is 0.350 e. The molecule has 0 fully saturated rings. The van der Waals surface area contributed by atoms with Crippen molar-refractivity contribution in [3.63, 3.8) is 0 Å². The molecule has 5 nitrogen and oxygen atoms in total. The van der Waals surface area contributed by atoms with Crippen LogP contribution in [0.5, 0.6) is 0 Å². The summed E-state index contributed by atoms with van der Waals surface area (Å²) in [6.45, 7) is 1.03. The molecule has 0 atom stereocenters. The van der Waals surface area contributed by atoms with Crippen LogP contribution in [-0.2, 0) is 6.54 Å². The molecule has 2 aromatic rings. The number of carbonyl (C=O) groups is 2. The Balaban J connectivity index is 1.73. The van der Waals surface area contributed by atoms with E-state index >= 15 is 0 Å². The van der Waals surface area contributed by atoms with E-state index in [1.54, 1.807) is 49.5 Å². The molecule has 0 saturated heterocycles. The van der Waals surface area contributed by atoms with Crippen LogP contribution in [0.25, 0.3) is 0 Å². The van der Waals surface area contributed by atoms with Gasteiger partial charge in [-0.25, -0.2) is 4.79 Å². The van der Waals surface area contributed by atoms with Crippen LogP contribution < -0.4 is 10.6 Å². The third-order valence-electron chi connectivity index (χ3n) is 3.49. The second-order valence-corrected chi connectivity index (χ2v) is 6.29. The zero-order valence-electron chi connectivity index (χ0n) is 13.8. The van der Waals surface area contributed by atoms with Gasteiger partial charge in [0.25, 0.3) is 5.91 Å². The summed E-state index contributed by atoms with van der Waals surface area (Å²) < 4.78 is 0. The third kappa shape index (κ3) is 5.96. The van der Waals surface area contributed by atoms with Gasteiger partial charge in [0.05, 0.1) is 0 Å². The second-order valence-electron chi connectivity index (χ2n) is 5.45. The highest BCUT2D eigenvalue weighted by Gasteiger charge is 2.11. The number of hydrogen-bond donors (Lipinski definition) is 2. The zero-order chi connectivity index (χ0) is 18.2. The van der Waals surface area contributed by atoms with Crippen LogP contribution in [0.4, 0.5) is 4.79 Å². The monoisotopic (exact) mass is 379 g/mol. The maximum Gasteiger partial charge on any atom is 0.317 e. The lowest BCUT2D eigenvalue weighted by Crippen LogP contribution is -2.41. The Bertz CT molecular complexity index is 738. The van der Waals surface area contributed by atoms with Gasteiger partial charge in [0.15, 0.2) is 0 Å². The lowest BCUT2D eigenvalue weighted by molar-refractivity contribution is 0.0953. The number of hydrogen-bond acceptors (Lipinski definition) is 2. The SMILES string of the molecule is CN(Cc1ccc(Cl)cc1Cl)C(=O)NCCNC(=O)c1ccccc1. The number of carbonyl (C=O) groups excluding carboxylic acids is 2. The average molecular weight is 380 g/mol. The van der Waals surface area contributed by atoms with Crippen LogP contribution in [0.1, 0.15) is 15.9 Å². The summed E-state index contributed by atoms with van der Waals surface area (Å²) >= 11 is 12.0. The van der Waals surface area contributed by atoms with Gasteiger partial charge in [-0.1, -0.05) is 47.5 Å². The van der Waals surface area contributed by atoms with E-state index in [0.29, 0.717) is 35.2 Å². The lowest BCUT2D eigenvalue weighted by atomic mass is 10.2. The minimum atomic E-state index is -0.250. The molecular weight excluding hydrogens is 361 g/mol. The fraction of sp³-hybridized carbons (Fsp3) is 0.222. The molecule has 0 aliphatic carbocycles. The Kier molecular flexibility index (Phi) is 7.10. The highest BCUT2D eigenvalue weighted by molar-refractivity contribution is 6.35. The maximum absolute atomic E-state index is 12.1. The molecule has 0 aliphatic rings.